The van der Waals surface area contributed by atoms with Gasteiger partial charge in [-0.25, -0.2) is 14.4 Å². The van der Waals surface area contributed by atoms with Crippen molar-refractivity contribution in [3.05, 3.63) is 40.6 Å². The average molecular weight is 618 g/mol. The van der Waals surface area contributed by atoms with Gasteiger partial charge in [0.2, 0.25) is 0 Å². The Bertz CT molecular complexity index is 1320. The lowest BCUT2D eigenvalue weighted by molar-refractivity contribution is -0.0981. The summed E-state index contributed by atoms with van der Waals surface area (Å²) in [5.41, 5.74) is 1.88. The number of nitrogens with zero attached hydrogens (tertiary/aromatic N) is 4. The molecule has 4 atom stereocenters. The Morgan fingerprint density at radius 3 is 2.37 bits per heavy atom. The maximum atomic E-state index is 13.7. The van der Waals surface area contributed by atoms with Crippen LogP contribution in [0, 0.1) is 0 Å². The van der Waals surface area contributed by atoms with Crippen LogP contribution in [0.25, 0.3) is 10.9 Å². The standard InChI is InChI=1S/C26H32Cl2FN5O6.H2O/c1-33-5-7-34(8-6-33)23-17(4-3-15(27)22(23)28)32-26-14-9-19(39-2)20(10-18(14)30-13-31-26)40-21(12-36)25(38)24(37)16(29)11-35;/h3-4,9-10,13,16,21,24-25,35-38H,5-8,11-12H2,1-2H3,(H,30,31,32);1H2/t16-,21-,24+,25+;/m0./s1. The molecule has 1 aliphatic rings. The lowest BCUT2D eigenvalue weighted by atomic mass is 10.0. The number of aliphatic hydroxyl groups is 4. The van der Waals surface area contributed by atoms with E-state index in [4.69, 9.17) is 37.8 Å². The van der Waals surface area contributed by atoms with Crippen LogP contribution < -0.4 is 19.7 Å². The van der Waals surface area contributed by atoms with Crippen LogP contribution in [0.2, 0.25) is 10.0 Å². The molecule has 0 unspecified atom stereocenters. The van der Waals surface area contributed by atoms with E-state index >= 15 is 0 Å². The van der Waals surface area contributed by atoms with Crippen LogP contribution in [-0.4, -0.2) is 119 Å². The number of likely N-dealkylation sites (N-methyl/N-ethyl adjacent to an activating group) is 1. The van der Waals surface area contributed by atoms with E-state index in [-0.39, 0.29) is 17.0 Å². The van der Waals surface area contributed by atoms with E-state index in [9.17, 15) is 19.7 Å². The first-order chi connectivity index (χ1) is 19.2. The van der Waals surface area contributed by atoms with Gasteiger partial charge in [0.1, 0.15) is 24.4 Å². The number of halogens is 3. The molecule has 7 N–H and O–H groups in total. The SMILES string of the molecule is COc1cc2c(Nc3ccc(Cl)c(Cl)c3N3CCN(C)CC3)ncnc2cc1O[C@@H](CO)[C@@H](O)[C@H](O)[C@@H](F)CO.O. The molecule has 0 radical (unpaired) electrons. The van der Waals surface area contributed by atoms with Crippen molar-refractivity contribution >= 4 is 51.3 Å². The third-order valence-corrected chi connectivity index (χ3v) is 7.59. The molecule has 0 amide bonds. The Morgan fingerprint density at radius 2 is 1.73 bits per heavy atom. The van der Waals surface area contributed by atoms with E-state index in [0.717, 1.165) is 31.9 Å². The molecule has 0 aliphatic carbocycles. The molecule has 3 aromatic rings. The average Bonchev–Trinajstić information content (AvgIpc) is 2.97. The topological polar surface area (TPSA) is 175 Å². The first kappa shape index (κ1) is 32.8. The molecule has 4 rings (SSSR count). The second-order valence-corrected chi connectivity index (χ2v) is 10.2. The smallest absolute Gasteiger partial charge is 0.164 e. The van der Waals surface area contributed by atoms with Crippen molar-refractivity contribution in [2.75, 3.05) is 63.8 Å². The second kappa shape index (κ2) is 14.4. The van der Waals surface area contributed by atoms with Gasteiger partial charge in [-0.3, -0.25) is 0 Å². The van der Waals surface area contributed by atoms with Gasteiger partial charge in [0.25, 0.3) is 0 Å². The summed E-state index contributed by atoms with van der Waals surface area (Å²) in [5.74, 6) is 0.732. The Morgan fingerprint density at radius 1 is 1.02 bits per heavy atom. The van der Waals surface area contributed by atoms with Gasteiger partial charge in [0.15, 0.2) is 23.8 Å². The minimum Gasteiger partial charge on any atom is -0.493 e. The zero-order valence-corrected chi connectivity index (χ0v) is 24.0. The van der Waals surface area contributed by atoms with Gasteiger partial charge in [-0.2, -0.15) is 0 Å². The number of aromatic nitrogens is 2. The van der Waals surface area contributed by atoms with E-state index in [0.29, 0.717) is 32.5 Å². The first-order valence-electron chi connectivity index (χ1n) is 12.6. The molecule has 1 aliphatic heterocycles. The highest BCUT2D eigenvalue weighted by Gasteiger charge is 2.34. The highest BCUT2D eigenvalue weighted by Crippen LogP contribution is 2.42. The maximum absolute atomic E-state index is 13.7. The molecule has 1 fully saturated rings. The minimum atomic E-state index is -2.12. The molecule has 2 heterocycles. The van der Waals surface area contributed by atoms with Crippen molar-refractivity contribution in [3.63, 3.8) is 0 Å². The maximum Gasteiger partial charge on any atom is 0.164 e. The fourth-order valence-electron chi connectivity index (χ4n) is 4.44. The number of aliphatic hydroxyl groups excluding tert-OH is 4. The van der Waals surface area contributed by atoms with Crippen LogP contribution in [0.3, 0.4) is 0 Å². The number of ether oxygens (including phenoxy) is 2. The van der Waals surface area contributed by atoms with Crippen LogP contribution >= 0.6 is 23.2 Å². The van der Waals surface area contributed by atoms with Gasteiger partial charge in [-0.1, -0.05) is 23.2 Å². The van der Waals surface area contributed by atoms with Crippen molar-refractivity contribution in [1.82, 2.24) is 14.9 Å². The van der Waals surface area contributed by atoms with Crippen LogP contribution in [0.4, 0.5) is 21.6 Å². The number of anilines is 3. The van der Waals surface area contributed by atoms with Crippen LogP contribution in [0.1, 0.15) is 0 Å². The Balaban J connectivity index is 0.00000462. The van der Waals surface area contributed by atoms with E-state index in [1.165, 1.54) is 19.5 Å². The molecule has 226 valence electrons. The summed E-state index contributed by atoms with van der Waals surface area (Å²) in [6, 6.07) is 6.66. The van der Waals surface area contributed by atoms with Crippen LogP contribution in [-0.2, 0) is 0 Å². The summed E-state index contributed by atoms with van der Waals surface area (Å²) >= 11 is 13.0. The van der Waals surface area contributed by atoms with E-state index in [1.54, 1.807) is 12.1 Å². The van der Waals surface area contributed by atoms with E-state index < -0.39 is 37.7 Å². The Kier molecular flexibility index (Phi) is 11.5. The van der Waals surface area contributed by atoms with Gasteiger partial charge < -0.3 is 50.5 Å². The largest absolute Gasteiger partial charge is 0.493 e. The van der Waals surface area contributed by atoms with Crippen molar-refractivity contribution in [3.8, 4) is 11.5 Å². The first-order valence-corrected chi connectivity index (χ1v) is 13.3. The zero-order chi connectivity index (χ0) is 29.0. The number of hydrogen-bond donors (Lipinski definition) is 5. The molecule has 0 bridgehead atoms. The normalized spacial score (nSPS) is 17.0. The molecule has 12 nitrogen and oxygen atoms in total. The zero-order valence-electron chi connectivity index (χ0n) is 22.5. The summed E-state index contributed by atoms with van der Waals surface area (Å²) in [6.07, 6.45) is -6.01. The van der Waals surface area contributed by atoms with Crippen molar-refractivity contribution < 1.29 is 39.8 Å². The number of nitrogens with one attached hydrogen (secondary N) is 1. The van der Waals surface area contributed by atoms with Gasteiger partial charge in [0, 0.05) is 37.6 Å². The predicted octanol–water partition coefficient (Wildman–Crippen LogP) is 1.41. The lowest BCUT2D eigenvalue weighted by Crippen LogP contribution is -2.48. The molecular weight excluding hydrogens is 584 g/mol. The van der Waals surface area contributed by atoms with Gasteiger partial charge >= 0.3 is 0 Å². The number of piperazine rings is 1. The third kappa shape index (κ3) is 7.19. The van der Waals surface area contributed by atoms with E-state index in [2.05, 4.69) is 32.1 Å². The van der Waals surface area contributed by atoms with E-state index in [1.807, 2.05) is 6.07 Å². The number of alkyl halides is 1. The molecule has 15 heteroatoms. The number of fused-ring (bicyclic) bond motifs is 1. The number of hydrogen-bond acceptors (Lipinski definition) is 11. The quantitative estimate of drug-likeness (QED) is 0.210. The van der Waals surface area contributed by atoms with Crippen LogP contribution in [0.5, 0.6) is 11.5 Å². The molecule has 0 spiro atoms. The second-order valence-electron chi connectivity index (χ2n) is 9.43. The monoisotopic (exact) mass is 617 g/mol. The number of rotatable bonds is 11. The van der Waals surface area contributed by atoms with Crippen LogP contribution in [0.15, 0.2) is 30.6 Å². The van der Waals surface area contributed by atoms with Gasteiger partial charge in [-0.15, -0.1) is 0 Å². The highest BCUT2D eigenvalue weighted by atomic mass is 35.5. The molecular formula is C26H34Cl2FN5O7. The molecule has 41 heavy (non-hydrogen) atoms. The number of benzene rings is 2. The summed E-state index contributed by atoms with van der Waals surface area (Å²) in [5, 5.41) is 43.7. The highest BCUT2D eigenvalue weighted by molar-refractivity contribution is 6.44. The van der Waals surface area contributed by atoms with Gasteiger partial charge in [0.05, 0.1) is 47.3 Å². The summed E-state index contributed by atoms with van der Waals surface area (Å²) in [6.45, 7) is 1.51. The summed E-state index contributed by atoms with van der Waals surface area (Å²) < 4.78 is 24.9. The van der Waals surface area contributed by atoms with Crippen molar-refractivity contribution in [1.29, 1.82) is 0 Å². The number of methoxy groups -OCH3 is 1. The minimum absolute atomic E-state index is 0. The van der Waals surface area contributed by atoms with Crippen molar-refractivity contribution in [2.24, 2.45) is 0 Å². The van der Waals surface area contributed by atoms with Crippen molar-refractivity contribution in [2.45, 2.75) is 24.5 Å². The molecule has 0 saturated carbocycles. The lowest BCUT2D eigenvalue weighted by Gasteiger charge is -2.35. The molecule has 1 aromatic heterocycles. The summed E-state index contributed by atoms with van der Waals surface area (Å²) in [7, 11) is 3.46. The molecule has 2 aromatic carbocycles. The fraction of sp³-hybridized carbons (Fsp3) is 0.462. The predicted molar refractivity (Wildman–Crippen MR) is 155 cm³/mol. The summed E-state index contributed by atoms with van der Waals surface area (Å²) in [4.78, 5) is 13.1. The molecule has 1 saturated heterocycles. The Hall–Kier alpha value is -2.75. The fourth-order valence-corrected chi connectivity index (χ4v) is 4.88. The third-order valence-electron chi connectivity index (χ3n) is 6.80. The Labute approximate surface area is 246 Å². The van der Waals surface area contributed by atoms with Gasteiger partial charge in [-0.05, 0) is 25.2 Å².